The van der Waals surface area contributed by atoms with Crippen LogP contribution < -0.4 is 10.6 Å². The summed E-state index contributed by atoms with van der Waals surface area (Å²) >= 11 is 3.46. The van der Waals surface area contributed by atoms with Crippen molar-refractivity contribution in [1.29, 1.82) is 0 Å². The second-order valence-corrected chi connectivity index (χ2v) is 6.82. The van der Waals surface area contributed by atoms with Gasteiger partial charge in [0.2, 0.25) is 0 Å². The average molecular weight is 323 g/mol. The highest BCUT2D eigenvalue weighted by Gasteiger charge is 2.02. The number of thiazole rings is 1. The van der Waals surface area contributed by atoms with Gasteiger partial charge in [-0.1, -0.05) is 0 Å². The van der Waals surface area contributed by atoms with Crippen LogP contribution in [0.4, 0.5) is 0 Å². The Morgan fingerprint density at radius 2 is 2.14 bits per heavy atom. The van der Waals surface area contributed by atoms with Gasteiger partial charge in [0.05, 0.1) is 17.2 Å². The van der Waals surface area contributed by atoms with Gasteiger partial charge in [-0.15, -0.1) is 22.7 Å². The van der Waals surface area contributed by atoms with Crippen molar-refractivity contribution in [3.8, 4) is 0 Å². The molecule has 6 heteroatoms. The van der Waals surface area contributed by atoms with Crippen LogP contribution in [0.1, 0.15) is 28.1 Å². The van der Waals surface area contributed by atoms with Crippen molar-refractivity contribution >= 4 is 28.6 Å². The van der Waals surface area contributed by atoms with Gasteiger partial charge >= 0.3 is 0 Å². The summed E-state index contributed by atoms with van der Waals surface area (Å²) in [6.45, 7) is 8.69. The molecule has 4 nitrogen and oxygen atoms in total. The Bertz CT molecular complexity index is 586. The maximum atomic E-state index is 4.64. The molecule has 0 aliphatic heterocycles. The Balaban J connectivity index is 1.85. The smallest absolute Gasteiger partial charge is 0.191 e. The summed E-state index contributed by atoms with van der Waals surface area (Å²) in [5.41, 5.74) is 2.47. The molecule has 0 amide bonds. The normalized spacial score (nSPS) is 11.7. The SMILES string of the molecule is CCNC(=NCc1sccc1C)NCCc1csc(C)n1. The molecule has 2 aromatic heterocycles. The van der Waals surface area contributed by atoms with Crippen molar-refractivity contribution in [2.45, 2.75) is 33.7 Å². The van der Waals surface area contributed by atoms with Crippen molar-refractivity contribution in [2.75, 3.05) is 13.1 Å². The monoisotopic (exact) mass is 322 g/mol. The molecule has 0 fully saturated rings. The number of aliphatic imine (C=N–C) groups is 1. The third-order valence-electron chi connectivity index (χ3n) is 3.03. The first-order chi connectivity index (χ1) is 10.2. The molecule has 2 aromatic rings. The summed E-state index contributed by atoms with van der Waals surface area (Å²) in [5, 5.41) is 12.0. The molecule has 21 heavy (non-hydrogen) atoms. The minimum Gasteiger partial charge on any atom is -0.357 e. The summed E-state index contributed by atoms with van der Waals surface area (Å²) in [7, 11) is 0. The van der Waals surface area contributed by atoms with E-state index in [4.69, 9.17) is 0 Å². The van der Waals surface area contributed by atoms with E-state index in [9.17, 15) is 0 Å². The Morgan fingerprint density at radius 3 is 2.76 bits per heavy atom. The van der Waals surface area contributed by atoms with Gasteiger partial charge in [0.1, 0.15) is 0 Å². The molecule has 0 aliphatic rings. The lowest BCUT2D eigenvalue weighted by Gasteiger charge is -2.10. The van der Waals surface area contributed by atoms with Crippen LogP contribution in [0.25, 0.3) is 0 Å². The highest BCUT2D eigenvalue weighted by Crippen LogP contribution is 2.16. The first-order valence-corrected chi connectivity index (χ1v) is 8.91. The van der Waals surface area contributed by atoms with Crippen molar-refractivity contribution < 1.29 is 0 Å². The molecule has 2 heterocycles. The molecule has 2 N–H and O–H groups in total. The van der Waals surface area contributed by atoms with Crippen molar-refractivity contribution in [3.63, 3.8) is 0 Å². The molecule has 0 saturated carbocycles. The van der Waals surface area contributed by atoms with Gasteiger partial charge in [0.15, 0.2) is 5.96 Å². The molecule has 0 saturated heterocycles. The topological polar surface area (TPSA) is 49.3 Å². The van der Waals surface area contributed by atoms with E-state index < -0.39 is 0 Å². The number of nitrogens with zero attached hydrogens (tertiary/aromatic N) is 2. The Kier molecular flexibility index (Phi) is 6.20. The van der Waals surface area contributed by atoms with Gasteiger partial charge in [-0.05, 0) is 37.8 Å². The lowest BCUT2D eigenvalue weighted by atomic mass is 10.3. The van der Waals surface area contributed by atoms with Gasteiger partial charge in [-0.3, -0.25) is 0 Å². The maximum absolute atomic E-state index is 4.64. The summed E-state index contributed by atoms with van der Waals surface area (Å²) < 4.78 is 0. The minimum atomic E-state index is 0.731. The summed E-state index contributed by atoms with van der Waals surface area (Å²) in [4.78, 5) is 10.4. The second kappa shape index (κ2) is 8.14. The molecule has 114 valence electrons. The van der Waals surface area contributed by atoms with Gasteiger partial charge in [0.25, 0.3) is 0 Å². The fraction of sp³-hybridized carbons (Fsp3) is 0.467. The van der Waals surface area contributed by atoms with E-state index in [1.54, 1.807) is 22.7 Å². The number of hydrogen-bond acceptors (Lipinski definition) is 4. The zero-order chi connectivity index (χ0) is 15.1. The average Bonchev–Trinajstić information content (AvgIpc) is 3.05. The van der Waals surface area contributed by atoms with E-state index >= 15 is 0 Å². The molecule has 0 radical (unpaired) electrons. The van der Waals surface area contributed by atoms with Crippen LogP contribution in [-0.4, -0.2) is 24.0 Å². The van der Waals surface area contributed by atoms with Crippen LogP contribution >= 0.6 is 22.7 Å². The molecule has 0 aliphatic carbocycles. The number of aryl methyl sites for hydroxylation is 2. The van der Waals surface area contributed by atoms with E-state index in [0.29, 0.717) is 0 Å². The molecule has 2 rings (SSSR count). The van der Waals surface area contributed by atoms with Crippen LogP contribution in [0.15, 0.2) is 21.8 Å². The van der Waals surface area contributed by atoms with E-state index in [1.807, 2.05) is 6.92 Å². The lowest BCUT2D eigenvalue weighted by Crippen LogP contribution is -2.38. The van der Waals surface area contributed by atoms with Gasteiger partial charge in [0, 0.05) is 29.8 Å². The molecule has 0 unspecified atom stereocenters. The van der Waals surface area contributed by atoms with Crippen LogP contribution in [0.2, 0.25) is 0 Å². The molecular formula is C15H22N4S2. The number of nitrogens with one attached hydrogen (secondary N) is 2. The van der Waals surface area contributed by atoms with Crippen LogP contribution in [0, 0.1) is 13.8 Å². The predicted molar refractivity (Wildman–Crippen MR) is 92.4 cm³/mol. The van der Waals surface area contributed by atoms with E-state index in [2.05, 4.69) is 51.3 Å². The van der Waals surface area contributed by atoms with Crippen molar-refractivity contribution in [3.05, 3.63) is 38.0 Å². The Morgan fingerprint density at radius 1 is 1.29 bits per heavy atom. The zero-order valence-corrected chi connectivity index (χ0v) is 14.4. The molecular weight excluding hydrogens is 300 g/mol. The first-order valence-electron chi connectivity index (χ1n) is 7.15. The Labute approximate surface area is 134 Å². The first kappa shape index (κ1) is 16.0. The van der Waals surface area contributed by atoms with Gasteiger partial charge in [-0.25, -0.2) is 9.98 Å². The second-order valence-electron chi connectivity index (χ2n) is 4.76. The third-order valence-corrected chi connectivity index (χ3v) is 4.86. The van der Waals surface area contributed by atoms with Crippen LogP contribution in [-0.2, 0) is 13.0 Å². The number of aromatic nitrogens is 1. The van der Waals surface area contributed by atoms with E-state index in [-0.39, 0.29) is 0 Å². The zero-order valence-electron chi connectivity index (χ0n) is 12.8. The van der Waals surface area contributed by atoms with Crippen molar-refractivity contribution in [2.24, 2.45) is 4.99 Å². The number of hydrogen-bond donors (Lipinski definition) is 2. The standard InChI is InChI=1S/C15H22N4S2/c1-4-16-15(18-9-14-11(2)6-8-20-14)17-7-5-13-10-21-12(3)19-13/h6,8,10H,4-5,7,9H2,1-3H3,(H2,16,17,18). The molecule has 0 spiro atoms. The minimum absolute atomic E-state index is 0.731. The van der Waals surface area contributed by atoms with Gasteiger partial charge < -0.3 is 10.6 Å². The number of rotatable bonds is 6. The van der Waals surface area contributed by atoms with E-state index in [0.717, 1.165) is 42.7 Å². The summed E-state index contributed by atoms with van der Waals surface area (Å²) in [5.74, 6) is 0.872. The van der Waals surface area contributed by atoms with Crippen LogP contribution in [0.3, 0.4) is 0 Å². The number of guanidine groups is 1. The predicted octanol–water partition coefficient (Wildman–Crippen LogP) is 3.12. The fourth-order valence-corrected chi connectivity index (χ4v) is 3.37. The van der Waals surface area contributed by atoms with Crippen LogP contribution in [0.5, 0.6) is 0 Å². The van der Waals surface area contributed by atoms with Gasteiger partial charge in [-0.2, -0.15) is 0 Å². The molecule has 0 aromatic carbocycles. The number of thiophene rings is 1. The van der Waals surface area contributed by atoms with Crippen molar-refractivity contribution in [1.82, 2.24) is 15.6 Å². The molecule has 0 atom stereocenters. The Hall–Kier alpha value is -1.40. The highest BCUT2D eigenvalue weighted by atomic mass is 32.1. The quantitative estimate of drug-likeness (QED) is 0.634. The van der Waals surface area contributed by atoms with E-state index in [1.165, 1.54) is 10.4 Å². The molecule has 0 bridgehead atoms. The fourth-order valence-electron chi connectivity index (χ4n) is 1.89. The third kappa shape index (κ3) is 5.13. The summed E-state index contributed by atoms with van der Waals surface area (Å²) in [6, 6.07) is 2.14. The largest absolute Gasteiger partial charge is 0.357 e. The highest BCUT2D eigenvalue weighted by molar-refractivity contribution is 7.10. The maximum Gasteiger partial charge on any atom is 0.191 e. The summed E-state index contributed by atoms with van der Waals surface area (Å²) in [6.07, 6.45) is 0.923. The lowest BCUT2D eigenvalue weighted by molar-refractivity contribution is 0.791.